The molecule has 7 heteroatoms. The first kappa shape index (κ1) is 17.8. The van der Waals surface area contributed by atoms with Crippen LogP contribution < -0.4 is 10.5 Å². The van der Waals surface area contributed by atoms with Crippen molar-refractivity contribution in [3.63, 3.8) is 0 Å². The van der Waals surface area contributed by atoms with Crippen LogP contribution in [0.3, 0.4) is 0 Å². The van der Waals surface area contributed by atoms with E-state index < -0.39 is 0 Å². The Morgan fingerprint density at radius 1 is 1.12 bits per heavy atom. The van der Waals surface area contributed by atoms with Gasteiger partial charge < -0.3 is 15.1 Å². The van der Waals surface area contributed by atoms with Crippen molar-refractivity contribution < 1.29 is 10.2 Å². The second-order valence-electron chi connectivity index (χ2n) is 7.05. The highest BCUT2D eigenvalue weighted by molar-refractivity contribution is 5.78. The Labute approximate surface area is 147 Å². The fourth-order valence-electron chi connectivity index (χ4n) is 3.60. The molecule has 2 N–H and O–H groups in total. The normalized spacial score (nSPS) is 18.0. The van der Waals surface area contributed by atoms with Crippen LogP contribution >= 0.6 is 0 Å². The number of aliphatic hydroxyl groups excluding tert-OH is 2. The minimum atomic E-state index is -0.144. The molecule has 0 radical (unpaired) electrons. The number of para-hydroxylation sites is 1. The zero-order chi connectivity index (χ0) is 18.0. The number of rotatable bonds is 5. The Hall–Kier alpha value is -1.96. The van der Waals surface area contributed by atoms with E-state index in [2.05, 4.69) is 23.6 Å². The summed E-state index contributed by atoms with van der Waals surface area (Å²) in [5.74, 6) is 0.606. The molecule has 1 aromatic heterocycles. The number of fused-ring (bicyclic) bond motifs is 1. The average Bonchev–Trinajstić information content (AvgIpc) is 2.59. The number of aliphatic hydroxyl groups is 2. The van der Waals surface area contributed by atoms with Gasteiger partial charge in [0.05, 0.1) is 30.7 Å². The van der Waals surface area contributed by atoms with Crippen molar-refractivity contribution in [3.05, 3.63) is 34.6 Å². The van der Waals surface area contributed by atoms with Gasteiger partial charge >= 0.3 is 0 Å². The summed E-state index contributed by atoms with van der Waals surface area (Å²) in [7, 11) is 0. The summed E-state index contributed by atoms with van der Waals surface area (Å²) >= 11 is 0. The van der Waals surface area contributed by atoms with Crippen molar-refractivity contribution in [1.29, 1.82) is 0 Å². The van der Waals surface area contributed by atoms with Crippen molar-refractivity contribution >= 4 is 16.9 Å². The molecule has 7 nitrogen and oxygen atoms in total. The Morgan fingerprint density at radius 3 is 2.52 bits per heavy atom. The Morgan fingerprint density at radius 2 is 1.84 bits per heavy atom. The van der Waals surface area contributed by atoms with Crippen molar-refractivity contribution in [2.45, 2.75) is 25.9 Å². The summed E-state index contributed by atoms with van der Waals surface area (Å²) in [6.45, 7) is 7.35. The molecule has 0 amide bonds. The maximum Gasteiger partial charge on any atom is 0.262 e. The van der Waals surface area contributed by atoms with Gasteiger partial charge in [-0.1, -0.05) is 12.1 Å². The van der Waals surface area contributed by atoms with Crippen molar-refractivity contribution in [2.24, 2.45) is 0 Å². The molecule has 1 aliphatic rings. The molecule has 0 saturated carbocycles. The lowest BCUT2D eigenvalue weighted by atomic mass is 9.99. The molecule has 2 aromatic rings. The number of hydrogen-bond donors (Lipinski definition) is 2. The smallest absolute Gasteiger partial charge is 0.262 e. The van der Waals surface area contributed by atoms with Gasteiger partial charge in [-0.15, -0.1) is 0 Å². The highest BCUT2D eigenvalue weighted by Gasteiger charge is 2.34. The van der Waals surface area contributed by atoms with Gasteiger partial charge in [-0.2, -0.15) is 0 Å². The zero-order valence-electron chi connectivity index (χ0n) is 14.9. The third-order valence-electron chi connectivity index (χ3n) is 4.89. The summed E-state index contributed by atoms with van der Waals surface area (Å²) in [6, 6.07) is 7.31. The topological polar surface area (TPSA) is 81.8 Å². The van der Waals surface area contributed by atoms with E-state index in [4.69, 9.17) is 4.98 Å². The number of benzene rings is 1. The van der Waals surface area contributed by atoms with Gasteiger partial charge in [-0.3, -0.25) is 14.3 Å². The quantitative estimate of drug-likeness (QED) is 0.809. The second kappa shape index (κ2) is 7.11. The monoisotopic (exact) mass is 346 g/mol. The van der Waals surface area contributed by atoms with E-state index in [0.717, 1.165) is 13.1 Å². The first-order valence-corrected chi connectivity index (χ1v) is 8.69. The molecule has 1 aliphatic heterocycles. The van der Waals surface area contributed by atoms with Gasteiger partial charge in [0, 0.05) is 31.7 Å². The fraction of sp³-hybridized carbons (Fsp3) is 0.556. The molecule has 1 saturated heterocycles. The summed E-state index contributed by atoms with van der Waals surface area (Å²) in [4.78, 5) is 21.9. The lowest BCUT2D eigenvalue weighted by Gasteiger charge is -2.47. The van der Waals surface area contributed by atoms with Crippen LogP contribution in [-0.4, -0.2) is 69.6 Å². The minimum absolute atomic E-state index is 0.110. The molecule has 2 heterocycles. The fourth-order valence-corrected chi connectivity index (χ4v) is 3.60. The zero-order valence-corrected chi connectivity index (χ0v) is 14.9. The standard InChI is InChI=1S/C18H26N4O3/c1-18(2)13-20(7-8-21(18)9-11-23)17-19-15-6-4-3-5-14(15)16(25)22(17)10-12-24/h3-6,23-24H,7-13H2,1-2H3. The minimum Gasteiger partial charge on any atom is -0.395 e. The lowest BCUT2D eigenvalue weighted by molar-refractivity contribution is 0.0803. The molecule has 136 valence electrons. The maximum atomic E-state index is 12.9. The van der Waals surface area contributed by atoms with E-state index in [9.17, 15) is 15.0 Å². The lowest BCUT2D eigenvalue weighted by Crippen LogP contribution is -2.60. The van der Waals surface area contributed by atoms with Crippen LogP contribution in [0.5, 0.6) is 0 Å². The number of aromatic nitrogens is 2. The molecule has 0 spiro atoms. The van der Waals surface area contributed by atoms with E-state index in [1.165, 1.54) is 0 Å². The average molecular weight is 346 g/mol. The van der Waals surface area contributed by atoms with Crippen LogP contribution in [0.2, 0.25) is 0 Å². The number of piperazine rings is 1. The first-order valence-electron chi connectivity index (χ1n) is 8.69. The third kappa shape index (κ3) is 3.40. The predicted molar refractivity (Wildman–Crippen MR) is 98.0 cm³/mol. The molecule has 0 bridgehead atoms. The molecular formula is C18H26N4O3. The van der Waals surface area contributed by atoms with Gasteiger partial charge in [0.15, 0.2) is 0 Å². The van der Waals surface area contributed by atoms with E-state index in [1.807, 2.05) is 18.2 Å². The molecule has 25 heavy (non-hydrogen) atoms. The molecule has 0 aliphatic carbocycles. The van der Waals surface area contributed by atoms with E-state index >= 15 is 0 Å². The first-order chi connectivity index (χ1) is 12.0. The highest BCUT2D eigenvalue weighted by Crippen LogP contribution is 2.24. The molecular weight excluding hydrogens is 320 g/mol. The molecule has 1 aromatic carbocycles. The van der Waals surface area contributed by atoms with Gasteiger partial charge in [0.1, 0.15) is 0 Å². The van der Waals surface area contributed by atoms with Crippen LogP contribution in [0.25, 0.3) is 10.9 Å². The summed E-state index contributed by atoms with van der Waals surface area (Å²) < 4.78 is 1.57. The van der Waals surface area contributed by atoms with E-state index in [0.29, 0.717) is 29.9 Å². The van der Waals surface area contributed by atoms with Crippen molar-refractivity contribution in [2.75, 3.05) is 44.3 Å². The van der Waals surface area contributed by atoms with E-state index in [-0.39, 0.29) is 30.9 Å². The number of anilines is 1. The number of nitrogens with zero attached hydrogens (tertiary/aromatic N) is 4. The highest BCUT2D eigenvalue weighted by atomic mass is 16.3. The largest absolute Gasteiger partial charge is 0.395 e. The van der Waals surface area contributed by atoms with Crippen LogP contribution in [0.1, 0.15) is 13.8 Å². The summed E-state index contributed by atoms with van der Waals surface area (Å²) in [5.41, 5.74) is 0.409. The van der Waals surface area contributed by atoms with Gasteiger partial charge in [0.2, 0.25) is 5.95 Å². The molecule has 1 fully saturated rings. The van der Waals surface area contributed by atoms with Crippen LogP contribution in [0.4, 0.5) is 5.95 Å². The van der Waals surface area contributed by atoms with Crippen LogP contribution in [0, 0.1) is 0 Å². The van der Waals surface area contributed by atoms with E-state index in [1.54, 1.807) is 10.6 Å². The van der Waals surface area contributed by atoms with Crippen molar-refractivity contribution in [1.82, 2.24) is 14.5 Å². The SMILES string of the molecule is CC1(C)CN(c2nc3ccccc3c(=O)n2CCO)CCN1CCO. The van der Waals surface area contributed by atoms with Gasteiger partial charge in [-0.25, -0.2) is 4.98 Å². The molecule has 0 unspecified atom stereocenters. The Balaban J connectivity index is 2.03. The molecule has 0 atom stereocenters. The summed E-state index contributed by atoms with van der Waals surface area (Å²) in [5, 5.41) is 19.2. The van der Waals surface area contributed by atoms with Crippen LogP contribution in [0.15, 0.2) is 29.1 Å². The summed E-state index contributed by atoms with van der Waals surface area (Å²) in [6.07, 6.45) is 0. The third-order valence-corrected chi connectivity index (χ3v) is 4.89. The van der Waals surface area contributed by atoms with Crippen LogP contribution in [-0.2, 0) is 6.54 Å². The Bertz CT molecular complexity index is 802. The predicted octanol–water partition coefficient (Wildman–Crippen LogP) is 0.282. The second-order valence-corrected chi connectivity index (χ2v) is 7.05. The number of β-amino-alcohol motifs (C(OH)–C–C–N with tert-alkyl or cyclic N) is 1. The number of hydrogen-bond acceptors (Lipinski definition) is 6. The van der Waals surface area contributed by atoms with Gasteiger partial charge in [0.25, 0.3) is 5.56 Å². The van der Waals surface area contributed by atoms with Crippen molar-refractivity contribution in [3.8, 4) is 0 Å². The van der Waals surface area contributed by atoms with Gasteiger partial charge in [-0.05, 0) is 26.0 Å². The Kier molecular flexibility index (Phi) is 5.08. The molecule has 3 rings (SSSR count). The maximum absolute atomic E-state index is 12.9.